The number of piperidine rings is 1. The Morgan fingerprint density at radius 2 is 1.95 bits per heavy atom. The van der Waals surface area contributed by atoms with Gasteiger partial charge in [-0.15, -0.1) is 0 Å². The van der Waals surface area contributed by atoms with Gasteiger partial charge in [0.1, 0.15) is 0 Å². The average molecular weight is 290 g/mol. The normalized spacial score (nSPS) is 19.0. The van der Waals surface area contributed by atoms with Crippen molar-refractivity contribution in [3.63, 3.8) is 0 Å². The molecule has 0 aromatic heterocycles. The van der Waals surface area contributed by atoms with E-state index in [2.05, 4.69) is 10.6 Å². The highest BCUT2D eigenvalue weighted by Crippen LogP contribution is 2.25. The largest absolute Gasteiger partial charge is 0.481 e. The lowest BCUT2D eigenvalue weighted by molar-refractivity contribution is -0.142. The van der Waals surface area contributed by atoms with Crippen LogP contribution in [0.1, 0.15) is 32.3 Å². The maximum Gasteiger partial charge on any atom is 0.313 e. The van der Waals surface area contributed by atoms with Gasteiger partial charge >= 0.3 is 5.97 Å². The molecule has 1 saturated heterocycles. The molecule has 3 N–H and O–H groups in total. The Balaban J connectivity index is 2.02. The van der Waals surface area contributed by atoms with Crippen molar-refractivity contribution in [3.05, 3.63) is 29.8 Å². The Labute approximate surface area is 124 Å². The average Bonchev–Trinajstić information content (AvgIpc) is 2.48. The fraction of sp³-hybridized carbons (Fsp3) is 0.500. The summed E-state index contributed by atoms with van der Waals surface area (Å²) in [4.78, 5) is 23.3. The quantitative estimate of drug-likeness (QED) is 0.792. The van der Waals surface area contributed by atoms with Crippen molar-refractivity contribution in [2.24, 2.45) is 5.92 Å². The predicted molar refractivity (Wildman–Crippen MR) is 81.3 cm³/mol. The van der Waals surface area contributed by atoms with E-state index in [1.54, 1.807) is 38.1 Å². The molecule has 0 saturated carbocycles. The number of hydrogen-bond donors (Lipinski definition) is 3. The fourth-order valence-corrected chi connectivity index (χ4v) is 2.41. The monoisotopic (exact) mass is 290 g/mol. The molecule has 1 aromatic rings. The molecule has 21 heavy (non-hydrogen) atoms. The highest BCUT2D eigenvalue weighted by molar-refractivity contribution is 5.92. The smallest absolute Gasteiger partial charge is 0.313 e. The summed E-state index contributed by atoms with van der Waals surface area (Å²) in [5.41, 5.74) is 0.485. The highest BCUT2D eigenvalue weighted by atomic mass is 16.4. The number of amides is 1. The Bertz CT molecular complexity index is 517. The molecule has 0 spiro atoms. The summed E-state index contributed by atoms with van der Waals surface area (Å²) in [5.74, 6) is -0.839. The van der Waals surface area contributed by atoms with Crippen LogP contribution in [0.4, 0.5) is 5.69 Å². The summed E-state index contributed by atoms with van der Waals surface area (Å²) in [7, 11) is 0. The molecular weight excluding hydrogens is 268 g/mol. The van der Waals surface area contributed by atoms with Gasteiger partial charge < -0.3 is 15.7 Å². The standard InChI is InChI=1S/C16H22N2O3/c1-16(2,15(20)21)12-5-7-13(8-6-12)18-14(19)11-4-3-9-17-10-11/h5-8,11,17H,3-4,9-10H2,1-2H3,(H,18,19)(H,20,21)/t11-/m0/s1. The van der Waals surface area contributed by atoms with Gasteiger partial charge in [-0.25, -0.2) is 0 Å². The van der Waals surface area contributed by atoms with Gasteiger partial charge in [0.25, 0.3) is 0 Å². The van der Waals surface area contributed by atoms with Gasteiger partial charge in [0.05, 0.1) is 11.3 Å². The number of benzene rings is 1. The second-order valence-corrected chi connectivity index (χ2v) is 6.04. The zero-order chi connectivity index (χ0) is 15.5. The van der Waals surface area contributed by atoms with Gasteiger partial charge in [-0.05, 0) is 50.9 Å². The zero-order valence-corrected chi connectivity index (χ0v) is 12.5. The third-order valence-corrected chi connectivity index (χ3v) is 4.08. The van der Waals surface area contributed by atoms with Crippen LogP contribution >= 0.6 is 0 Å². The SMILES string of the molecule is CC(C)(C(=O)O)c1ccc(NC(=O)[C@H]2CCCNC2)cc1. The lowest BCUT2D eigenvalue weighted by Crippen LogP contribution is -2.37. The van der Waals surface area contributed by atoms with Crippen molar-refractivity contribution in [1.29, 1.82) is 0 Å². The molecule has 2 rings (SSSR count). The van der Waals surface area contributed by atoms with E-state index in [1.807, 2.05) is 0 Å². The molecule has 1 aliphatic heterocycles. The van der Waals surface area contributed by atoms with Gasteiger partial charge in [0.15, 0.2) is 0 Å². The van der Waals surface area contributed by atoms with E-state index >= 15 is 0 Å². The maximum absolute atomic E-state index is 12.1. The Kier molecular flexibility index (Phi) is 4.63. The van der Waals surface area contributed by atoms with E-state index in [0.29, 0.717) is 11.3 Å². The minimum atomic E-state index is -0.935. The molecule has 5 nitrogen and oxygen atoms in total. The second kappa shape index (κ2) is 6.26. The van der Waals surface area contributed by atoms with Crippen molar-refractivity contribution in [2.75, 3.05) is 18.4 Å². The molecule has 1 fully saturated rings. The zero-order valence-electron chi connectivity index (χ0n) is 12.5. The van der Waals surface area contributed by atoms with E-state index in [0.717, 1.165) is 25.9 Å². The third-order valence-electron chi connectivity index (χ3n) is 4.08. The van der Waals surface area contributed by atoms with Crippen molar-refractivity contribution < 1.29 is 14.7 Å². The first-order chi connectivity index (χ1) is 9.91. The van der Waals surface area contributed by atoms with Crippen LogP contribution in [0.3, 0.4) is 0 Å². The number of nitrogens with one attached hydrogen (secondary N) is 2. The second-order valence-electron chi connectivity index (χ2n) is 6.04. The summed E-state index contributed by atoms with van der Waals surface area (Å²) in [6.45, 7) is 5.02. The first kappa shape index (κ1) is 15.5. The summed E-state index contributed by atoms with van der Waals surface area (Å²) in [5, 5.41) is 15.3. The Morgan fingerprint density at radius 3 is 2.48 bits per heavy atom. The Morgan fingerprint density at radius 1 is 1.29 bits per heavy atom. The lowest BCUT2D eigenvalue weighted by Gasteiger charge is -2.22. The first-order valence-corrected chi connectivity index (χ1v) is 7.27. The Hall–Kier alpha value is -1.88. The highest BCUT2D eigenvalue weighted by Gasteiger charge is 2.29. The minimum Gasteiger partial charge on any atom is -0.481 e. The molecule has 1 aliphatic rings. The number of carbonyl (C=O) groups excluding carboxylic acids is 1. The van der Waals surface area contributed by atoms with Crippen molar-refractivity contribution in [1.82, 2.24) is 5.32 Å². The van der Waals surface area contributed by atoms with Gasteiger partial charge in [0.2, 0.25) is 5.91 Å². The van der Waals surface area contributed by atoms with E-state index < -0.39 is 11.4 Å². The first-order valence-electron chi connectivity index (χ1n) is 7.27. The minimum absolute atomic E-state index is 0.00823. The number of hydrogen-bond acceptors (Lipinski definition) is 3. The van der Waals surface area contributed by atoms with Gasteiger partial charge in [-0.2, -0.15) is 0 Å². The number of rotatable bonds is 4. The molecule has 114 valence electrons. The van der Waals surface area contributed by atoms with E-state index in [1.165, 1.54) is 0 Å². The molecular formula is C16H22N2O3. The van der Waals surface area contributed by atoms with Crippen LogP contribution in [-0.4, -0.2) is 30.1 Å². The fourth-order valence-electron chi connectivity index (χ4n) is 2.41. The number of carboxylic acids is 1. The van der Waals surface area contributed by atoms with Crippen LogP contribution in [0.15, 0.2) is 24.3 Å². The maximum atomic E-state index is 12.1. The van der Waals surface area contributed by atoms with Crippen LogP contribution < -0.4 is 10.6 Å². The predicted octanol–water partition coefficient (Wildman–Crippen LogP) is 1.99. The lowest BCUT2D eigenvalue weighted by atomic mass is 9.85. The van der Waals surface area contributed by atoms with Crippen LogP contribution in [-0.2, 0) is 15.0 Å². The summed E-state index contributed by atoms with van der Waals surface area (Å²) in [6.07, 6.45) is 1.92. The van der Waals surface area contributed by atoms with Crippen LogP contribution in [0.2, 0.25) is 0 Å². The number of carbonyl (C=O) groups is 2. The molecule has 1 amide bonds. The van der Waals surface area contributed by atoms with Gasteiger partial charge in [-0.1, -0.05) is 12.1 Å². The topological polar surface area (TPSA) is 78.4 Å². The molecule has 0 radical (unpaired) electrons. The third kappa shape index (κ3) is 3.61. The number of aliphatic carboxylic acids is 1. The van der Waals surface area contributed by atoms with Crippen LogP contribution in [0, 0.1) is 5.92 Å². The van der Waals surface area contributed by atoms with Crippen molar-refractivity contribution in [3.8, 4) is 0 Å². The summed E-state index contributed by atoms with van der Waals surface area (Å²) < 4.78 is 0. The van der Waals surface area contributed by atoms with E-state index in [9.17, 15) is 14.7 Å². The summed E-state index contributed by atoms with van der Waals surface area (Å²) >= 11 is 0. The molecule has 1 atom stereocenters. The van der Waals surface area contributed by atoms with Crippen molar-refractivity contribution in [2.45, 2.75) is 32.1 Å². The van der Waals surface area contributed by atoms with Crippen molar-refractivity contribution >= 4 is 17.6 Å². The van der Waals surface area contributed by atoms with Gasteiger partial charge in [0, 0.05) is 12.2 Å². The van der Waals surface area contributed by atoms with E-state index in [4.69, 9.17) is 0 Å². The van der Waals surface area contributed by atoms with E-state index in [-0.39, 0.29) is 11.8 Å². The number of anilines is 1. The van der Waals surface area contributed by atoms with Crippen LogP contribution in [0.25, 0.3) is 0 Å². The number of carboxylic acid groups (broad SMARTS) is 1. The van der Waals surface area contributed by atoms with Gasteiger partial charge in [-0.3, -0.25) is 9.59 Å². The van der Waals surface area contributed by atoms with Crippen LogP contribution in [0.5, 0.6) is 0 Å². The summed E-state index contributed by atoms with van der Waals surface area (Å²) in [6, 6.07) is 7.02. The molecule has 5 heteroatoms. The molecule has 0 aliphatic carbocycles. The molecule has 1 heterocycles. The molecule has 0 bridgehead atoms. The molecule has 0 unspecified atom stereocenters. The molecule has 1 aromatic carbocycles.